The van der Waals surface area contributed by atoms with E-state index in [-0.39, 0.29) is 5.56 Å². The second-order valence-corrected chi connectivity index (χ2v) is 9.09. The third-order valence-corrected chi connectivity index (χ3v) is 7.18. The summed E-state index contributed by atoms with van der Waals surface area (Å²) in [6.45, 7) is 2.34. The Hall–Kier alpha value is -2.06. The highest BCUT2D eigenvalue weighted by Crippen LogP contribution is 2.37. The molecule has 2 saturated carbocycles. The molecule has 0 bridgehead atoms. The van der Waals surface area contributed by atoms with E-state index in [1.54, 1.807) is 6.07 Å². The fraction of sp³-hybridized carbons (Fsp3) is 0.593. The number of halogens is 1. The summed E-state index contributed by atoms with van der Waals surface area (Å²) < 4.78 is 13.6. The van der Waals surface area contributed by atoms with Crippen LogP contribution in [0.1, 0.15) is 88.7 Å². The van der Waals surface area contributed by atoms with E-state index in [2.05, 4.69) is 24.8 Å². The van der Waals surface area contributed by atoms with Crippen molar-refractivity contribution in [3.63, 3.8) is 0 Å². The Bertz CT molecular complexity index is 775. The maximum absolute atomic E-state index is 13.6. The van der Waals surface area contributed by atoms with E-state index >= 15 is 0 Å². The molecule has 2 aliphatic carbocycles. The Kier molecular flexibility index (Phi) is 8.37. The summed E-state index contributed by atoms with van der Waals surface area (Å²) in [5.74, 6) is 9.05. The molecule has 0 aliphatic heterocycles. The van der Waals surface area contributed by atoms with Crippen molar-refractivity contribution >= 4 is 0 Å². The number of allylic oxidation sites excluding steroid dienone is 2. The quantitative estimate of drug-likeness (QED) is 0.479. The van der Waals surface area contributed by atoms with E-state index in [0.717, 1.165) is 17.8 Å². The van der Waals surface area contributed by atoms with Crippen molar-refractivity contribution in [2.75, 3.05) is 0 Å². The van der Waals surface area contributed by atoms with Gasteiger partial charge in [0.1, 0.15) is 11.9 Å². The van der Waals surface area contributed by atoms with Crippen molar-refractivity contribution in [2.45, 2.75) is 77.6 Å². The van der Waals surface area contributed by atoms with Gasteiger partial charge in [-0.25, -0.2) is 4.39 Å². The van der Waals surface area contributed by atoms with Crippen LogP contribution in [-0.4, -0.2) is 0 Å². The highest BCUT2D eigenvalue weighted by molar-refractivity contribution is 5.42. The Labute approximate surface area is 176 Å². The fourth-order valence-electron chi connectivity index (χ4n) is 5.06. The molecule has 0 radical (unpaired) electrons. The third-order valence-electron chi connectivity index (χ3n) is 7.18. The van der Waals surface area contributed by atoms with E-state index in [1.807, 2.05) is 12.1 Å². The topological polar surface area (TPSA) is 23.8 Å². The summed E-state index contributed by atoms with van der Waals surface area (Å²) in [4.78, 5) is 0. The van der Waals surface area contributed by atoms with E-state index in [1.165, 1.54) is 82.8 Å². The second kappa shape index (κ2) is 11.2. The van der Waals surface area contributed by atoms with Crippen LogP contribution in [-0.2, 0) is 0 Å². The standard InChI is InChI=1S/C27H34FN/c1-2-21-7-9-23(10-8-21)15-16-24-13-11-22(12-14-24)5-3-4-6-25-17-18-26(20-29)27(28)19-25/h3,5,17-19,21-24H,2,7-16H2,1H3. The molecule has 0 spiro atoms. The Morgan fingerprint density at radius 3 is 2.17 bits per heavy atom. The molecule has 1 aromatic rings. The number of benzene rings is 1. The van der Waals surface area contributed by atoms with Crippen LogP contribution in [0.2, 0.25) is 0 Å². The van der Waals surface area contributed by atoms with Crippen molar-refractivity contribution in [2.24, 2.45) is 23.7 Å². The highest BCUT2D eigenvalue weighted by atomic mass is 19.1. The van der Waals surface area contributed by atoms with Crippen LogP contribution in [0.5, 0.6) is 0 Å². The lowest BCUT2D eigenvalue weighted by Gasteiger charge is -2.31. The number of rotatable bonds is 5. The van der Waals surface area contributed by atoms with Crippen LogP contribution in [0.3, 0.4) is 0 Å². The maximum atomic E-state index is 13.6. The molecule has 2 aliphatic rings. The summed E-state index contributed by atoms with van der Waals surface area (Å²) in [5, 5.41) is 8.77. The molecule has 0 amide bonds. The van der Waals surface area contributed by atoms with Crippen LogP contribution >= 0.6 is 0 Å². The molecule has 0 N–H and O–H groups in total. The first-order chi connectivity index (χ1) is 14.2. The lowest BCUT2D eigenvalue weighted by atomic mass is 9.75. The molecule has 3 rings (SSSR count). The van der Waals surface area contributed by atoms with Crippen LogP contribution in [0.4, 0.5) is 4.39 Å². The molecular weight excluding hydrogens is 357 g/mol. The van der Waals surface area contributed by atoms with Crippen LogP contribution in [0.15, 0.2) is 30.4 Å². The predicted octanol–water partition coefficient (Wildman–Crippen LogP) is 7.41. The SMILES string of the molecule is CCC1CCC(CCC2CCC(C=CC#Cc3ccc(C#N)c(F)c3)CC2)CC1. The Morgan fingerprint density at radius 1 is 0.966 bits per heavy atom. The summed E-state index contributed by atoms with van der Waals surface area (Å²) in [5.41, 5.74) is 0.680. The average molecular weight is 392 g/mol. The predicted molar refractivity (Wildman–Crippen MR) is 118 cm³/mol. The molecule has 0 unspecified atom stereocenters. The molecule has 1 nitrogen and oxygen atoms in total. The van der Waals surface area contributed by atoms with Gasteiger partial charge in [0.2, 0.25) is 0 Å². The van der Waals surface area contributed by atoms with Gasteiger partial charge in [-0.05, 0) is 73.6 Å². The Balaban J connectivity index is 1.36. The van der Waals surface area contributed by atoms with Gasteiger partial charge >= 0.3 is 0 Å². The zero-order valence-corrected chi connectivity index (χ0v) is 17.8. The van der Waals surface area contributed by atoms with Gasteiger partial charge in [-0.3, -0.25) is 0 Å². The summed E-state index contributed by atoms with van der Waals surface area (Å²) in [6.07, 6.45) is 19.5. The molecule has 0 atom stereocenters. The minimum absolute atomic E-state index is 0.0662. The van der Waals surface area contributed by atoms with Gasteiger partial charge < -0.3 is 0 Å². The minimum atomic E-state index is -0.500. The first-order valence-corrected chi connectivity index (χ1v) is 11.6. The largest absolute Gasteiger partial charge is 0.206 e. The summed E-state index contributed by atoms with van der Waals surface area (Å²) in [6, 6.07) is 6.35. The lowest BCUT2D eigenvalue weighted by molar-refractivity contribution is 0.224. The molecule has 29 heavy (non-hydrogen) atoms. The monoisotopic (exact) mass is 391 g/mol. The summed E-state index contributed by atoms with van der Waals surface area (Å²) >= 11 is 0. The van der Waals surface area contributed by atoms with E-state index < -0.39 is 5.82 Å². The number of hydrogen-bond acceptors (Lipinski definition) is 1. The van der Waals surface area contributed by atoms with Crippen LogP contribution < -0.4 is 0 Å². The van der Waals surface area contributed by atoms with Gasteiger partial charge in [-0.1, -0.05) is 69.8 Å². The molecule has 154 valence electrons. The van der Waals surface area contributed by atoms with Gasteiger partial charge in [0.15, 0.2) is 0 Å². The van der Waals surface area contributed by atoms with E-state index in [9.17, 15) is 4.39 Å². The molecule has 2 heteroatoms. The maximum Gasteiger partial charge on any atom is 0.142 e. The Morgan fingerprint density at radius 2 is 1.59 bits per heavy atom. The molecule has 0 saturated heterocycles. The second-order valence-electron chi connectivity index (χ2n) is 9.09. The first kappa shape index (κ1) is 21.6. The zero-order valence-electron chi connectivity index (χ0n) is 17.8. The molecular formula is C27H34FN. The molecule has 0 aromatic heterocycles. The van der Waals surface area contributed by atoms with Crippen molar-refractivity contribution < 1.29 is 4.39 Å². The van der Waals surface area contributed by atoms with Crippen LogP contribution in [0.25, 0.3) is 0 Å². The average Bonchev–Trinajstić information content (AvgIpc) is 2.76. The smallest absolute Gasteiger partial charge is 0.142 e. The van der Waals surface area contributed by atoms with Crippen LogP contribution in [0, 0.1) is 52.7 Å². The van der Waals surface area contributed by atoms with Gasteiger partial charge in [0, 0.05) is 5.56 Å². The van der Waals surface area contributed by atoms with Gasteiger partial charge in [-0.15, -0.1) is 0 Å². The van der Waals surface area contributed by atoms with Crippen molar-refractivity contribution in [1.29, 1.82) is 5.26 Å². The lowest BCUT2D eigenvalue weighted by Crippen LogP contribution is -2.17. The number of hydrogen-bond donors (Lipinski definition) is 0. The number of nitriles is 1. The fourth-order valence-corrected chi connectivity index (χ4v) is 5.06. The van der Waals surface area contributed by atoms with Crippen molar-refractivity contribution in [1.82, 2.24) is 0 Å². The van der Waals surface area contributed by atoms with Crippen molar-refractivity contribution in [3.8, 4) is 17.9 Å². The van der Waals surface area contributed by atoms with Gasteiger partial charge in [0.25, 0.3) is 0 Å². The third kappa shape index (κ3) is 6.75. The van der Waals surface area contributed by atoms with Gasteiger partial charge in [-0.2, -0.15) is 5.26 Å². The normalized spacial score (nSPS) is 27.2. The zero-order chi connectivity index (χ0) is 20.5. The van der Waals surface area contributed by atoms with Crippen molar-refractivity contribution in [3.05, 3.63) is 47.3 Å². The van der Waals surface area contributed by atoms with Gasteiger partial charge in [0.05, 0.1) is 5.56 Å². The summed E-state index contributed by atoms with van der Waals surface area (Å²) in [7, 11) is 0. The molecule has 1 aromatic carbocycles. The van der Waals surface area contributed by atoms with E-state index in [4.69, 9.17) is 5.26 Å². The molecule has 2 fully saturated rings. The highest BCUT2D eigenvalue weighted by Gasteiger charge is 2.23. The minimum Gasteiger partial charge on any atom is -0.206 e. The molecule has 0 heterocycles. The van der Waals surface area contributed by atoms with E-state index in [0.29, 0.717) is 11.5 Å². The number of nitrogens with zero attached hydrogens (tertiary/aromatic N) is 1. The first-order valence-electron chi connectivity index (χ1n) is 11.6.